The molecule has 2 aromatic rings. The van der Waals surface area contributed by atoms with E-state index in [-0.39, 0.29) is 0 Å². The fourth-order valence-electron chi connectivity index (χ4n) is 1.22. The second kappa shape index (κ2) is 4.14. The van der Waals surface area contributed by atoms with Crippen LogP contribution in [0.5, 0.6) is 5.75 Å². The molecule has 2 aromatic heterocycles. The van der Waals surface area contributed by atoms with Crippen LogP contribution in [0.4, 0.5) is 0 Å². The number of H-pyrrole nitrogens is 1. The summed E-state index contributed by atoms with van der Waals surface area (Å²) >= 11 is 5.04. The highest BCUT2D eigenvalue weighted by Crippen LogP contribution is 2.25. The number of rotatable bonds is 2. The van der Waals surface area contributed by atoms with Crippen molar-refractivity contribution in [2.24, 2.45) is 0 Å². The van der Waals surface area contributed by atoms with Gasteiger partial charge in [-0.25, -0.2) is 15.0 Å². The molecular formula is C9H8N4OS. The minimum absolute atomic E-state index is 0.412. The molecule has 0 unspecified atom stereocenters. The molecule has 5 nitrogen and oxygen atoms in total. The van der Waals surface area contributed by atoms with E-state index in [9.17, 15) is 0 Å². The lowest BCUT2D eigenvalue weighted by Gasteiger charge is -2.06. The number of nitrogens with one attached hydrogen (secondary N) is 1. The quantitative estimate of drug-likeness (QED) is 0.779. The molecular weight excluding hydrogens is 212 g/mol. The van der Waals surface area contributed by atoms with Crippen LogP contribution in [0.2, 0.25) is 0 Å². The van der Waals surface area contributed by atoms with E-state index >= 15 is 0 Å². The Morgan fingerprint density at radius 2 is 2.07 bits per heavy atom. The van der Waals surface area contributed by atoms with Crippen molar-refractivity contribution in [2.75, 3.05) is 7.11 Å². The highest BCUT2D eigenvalue weighted by molar-refractivity contribution is 7.71. The van der Waals surface area contributed by atoms with E-state index in [4.69, 9.17) is 17.0 Å². The first-order valence-corrected chi connectivity index (χ1v) is 4.61. The lowest BCUT2D eigenvalue weighted by atomic mass is 10.2. The van der Waals surface area contributed by atoms with Crippen LogP contribution >= 0.6 is 12.2 Å². The zero-order valence-corrected chi connectivity index (χ0v) is 8.78. The molecule has 0 saturated heterocycles. The molecule has 0 aromatic carbocycles. The van der Waals surface area contributed by atoms with Crippen molar-refractivity contribution < 1.29 is 4.74 Å². The van der Waals surface area contributed by atoms with Crippen LogP contribution in [-0.4, -0.2) is 27.0 Å². The summed E-state index contributed by atoms with van der Waals surface area (Å²) in [5.74, 6) is 0.530. The van der Waals surface area contributed by atoms with Crippen LogP contribution in [-0.2, 0) is 0 Å². The normalized spacial score (nSPS) is 9.93. The topological polar surface area (TPSA) is 63.7 Å². The third-order valence-corrected chi connectivity index (χ3v) is 2.16. The summed E-state index contributed by atoms with van der Waals surface area (Å²) in [6.07, 6.45) is 6.34. The summed E-state index contributed by atoms with van der Waals surface area (Å²) in [5, 5.41) is 0. The Hall–Kier alpha value is -1.82. The monoisotopic (exact) mass is 220 g/mol. The molecule has 0 aliphatic rings. The highest BCUT2D eigenvalue weighted by Gasteiger charge is 2.08. The smallest absolute Gasteiger partial charge is 0.179 e. The Morgan fingerprint density at radius 3 is 2.73 bits per heavy atom. The van der Waals surface area contributed by atoms with Gasteiger partial charge in [0.1, 0.15) is 6.33 Å². The van der Waals surface area contributed by atoms with E-state index in [0.29, 0.717) is 10.4 Å². The third-order valence-electron chi connectivity index (χ3n) is 1.87. The highest BCUT2D eigenvalue weighted by atomic mass is 32.1. The Morgan fingerprint density at radius 1 is 1.33 bits per heavy atom. The molecule has 0 spiro atoms. The van der Waals surface area contributed by atoms with Gasteiger partial charge in [0.15, 0.2) is 10.4 Å². The predicted molar refractivity (Wildman–Crippen MR) is 57.0 cm³/mol. The Labute approximate surface area is 91.2 Å². The van der Waals surface area contributed by atoms with Gasteiger partial charge in [0.05, 0.1) is 19.1 Å². The average Bonchev–Trinajstić information content (AvgIpc) is 2.30. The Kier molecular flexibility index (Phi) is 2.68. The first kappa shape index (κ1) is 9.72. The van der Waals surface area contributed by atoms with Gasteiger partial charge in [-0.2, -0.15) is 0 Å². The molecule has 0 radical (unpaired) electrons. The molecule has 0 saturated carbocycles. The fourth-order valence-corrected chi connectivity index (χ4v) is 1.46. The van der Waals surface area contributed by atoms with Gasteiger partial charge in [-0.3, -0.25) is 0 Å². The second-order valence-electron chi connectivity index (χ2n) is 2.74. The van der Waals surface area contributed by atoms with Crippen molar-refractivity contribution >= 4 is 12.2 Å². The SMILES string of the molecule is COc1c(-c2cncnc2)[nH]cnc1=S. The van der Waals surface area contributed by atoms with Gasteiger partial charge in [0, 0.05) is 18.0 Å². The summed E-state index contributed by atoms with van der Waals surface area (Å²) in [6, 6.07) is 0. The number of methoxy groups -OCH3 is 1. The van der Waals surface area contributed by atoms with E-state index in [2.05, 4.69) is 19.9 Å². The first-order valence-electron chi connectivity index (χ1n) is 4.20. The van der Waals surface area contributed by atoms with Crippen LogP contribution < -0.4 is 4.74 Å². The van der Waals surface area contributed by atoms with Gasteiger partial charge >= 0.3 is 0 Å². The van der Waals surface area contributed by atoms with Gasteiger partial charge in [-0.1, -0.05) is 12.2 Å². The summed E-state index contributed by atoms with van der Waals surface area (Å²) in [6.45, 7) is 0. The second-order valence-corrected chi connectivity index (χ2v) is 3.13. The Bertz CT molecular complexity index is 511. The van der Waals surface area contributed by atoms with Crippen molar-refractivity contribution in [2.45, 2.75) is 0 Å². The maximum absolute atomic E-state index is 5.18. The summed E-state index contributed by atoms with van der Waals surface area (Å²) in [5.41, 5.74) is 1.54. The van der Waals surface area contributed by atoms with Crippen molar-refractivity contribution in [3.05, 3.63) is 29.7 Å². The van der Waals surface area contributed by atoms with Crippen molar-refractivity contribution in [1.82, 2.24) is 19.9 Å². The van der Waals surface area contributed by atoms with Gasteiger partial charge in [0.2, 0.25) is 0 Å². The minimum Gasteiger partial charge on any atom is -0.491 e. The lowest BCUT2D eigenvalue weighted by Crippen LogP contribution is -1.94. The van der Waals surface area contributed by atoms with Crippen LogP contribution in [0.1, 0.15) is 0 Å². The molecule has 0 fully saturated rings. The van der Waals surface area contributed by atoms with Crippen LogP contribution in [0, 0.1) is 4.64 Å². The van der Waals surface area contributed by atoms with E-state index < -0.39 is 0 Å². The number of ether oxygens (including phenoxy) is 1. The maximum atomic E-state index is 5.18. The van der Waals surface area contributed by atoms with E-state index in [0.717, 1.165) is 11.3 Å². The molecule has 6 heteroatoms. The number of hydrogen-bond donors (Lipinski definition) is 1. The van der Waals surface area contributed by atoms with Crippen molar-refractivity contribution in [3.63, 3.8) is 0 Å². The van der Waals surface area contributed by atoms with Crippen LogP contribution in [0.25, 0.3) is 11.3 Å². The van der Waals surface area contributed by atoms with E-state index in [1.165, 1.54) is 12.7 Å². The third kappa shape index (κ3) is 1.84. The summed E-state index contributed by atoms with van der Waals surface area (Å²) in [4.78, 5) is 14.7. The van der Waals surface area contributed by atoms with Gasteiger partial charge in [0.25, 0.3) is 0 Å². The molecule has 0 atom stereocenters. The molecule has 76 valence electrons. The fraction of sp³-hybridized carbons (Fsp3) is 0.111. The summed E-state index contributed by atoms with van der Waals surface area (Å²) in [7, 11) is 1.55. The number of hydrogen-bond acceptors (Lipinski definition) is 5. The molecule has 0 aliphatic heterocycles. The average molecular weight is 220 g/mol. The van der Waals surface area contributed by atoms with Gasteiger partial charge in [-0.15, -0.1) is 0 Å². The zero-order valence-electron chi connectivity index (χ0n) is 7.97. The predicted octanol–water partition coefficient (Wildman–Crippen LogP) is 1.60. The Balaban J connectivity index is 2.63. The van der Waals surface area contributed by atoms with E-state index in [1.54, 1.807) is 19.5 Å². The first-order chi connectivity index (χ1) is 7.33. The van der Waals surface area contributed by atoms with E-state index in [1.807, 2.05) is 0 Å². The molecule has 2 heterocycles. The van der Waals surface area contributed by atoms with Crippen LogP contribution in [0.3, 0.4) is 0 Å². The number of nitrogens with zero attached hydrogens (tertiary/aromatic N) is 3. The molecule has 15 heavy (non-hydrogen) atoms. The lowest BCUT2D eigenvalue weighted by molar-refractivity contribution is 0.410. The molecule has 0 aliphatic carbocycles. The van der Waals surface area contributed by atoms with Crippen molar-refractivity contribution in [1.29, 1.82) is 0 Å². The summed E-state index contributed by atoms with van der Waals surface area (Å²) < 4.78 is 5.59. The van der Waals surface area contributed by atoms with Gasteiger partial charge in [-0.05, 0) is 0 Å². The molecule has 2 rings (SSSR count). The van der Waals surface area contributed by atoms with Crippen LogP contribution in [0.15, 0.2) is 25.0 Å². The maximum Gasteiger partial charge on any atom is 0.179 e. The number of aromatic amines is 1. The standard InChI is InChI=1S/C9H8N4OS/c1-14-8-7(12-5-13-9(8)15)6-2-10-4-11-3-6/h2-5H,1H3,(H,12,13,15). The zero-order chi connectivity index (χ0) is 10.7. The number of aromatic nitrogens is 4. The molecule has 0 amide bonds. The molecule has 0 bridgehead atoms. The molecule has 1 N–H and O–H groups in total. The van der Waals surface area contributed by atoms with Crippen molar-refractivity contribution in [3.8, 4) is 17.0 Å². The van der Waals surface area contributed by atoms with Gasteiger partial charge < -0.3 is 9.72 Å². The largest absolute Gasteiger partial charge is 0.491 e. The minimum atomic E-state index is 0.412.